The molecular formula is C11H22S2. The molecule has 2 heteroatoms. The van der Waals surface area contributed by atoms with Crippen LogP contribution in [0.5, 0.6) is 0 Å². The third kappa shape index (κ3) is 2.38. The van der Waals surface area contributed by atoms with Gasteiger partial charge in [0.15, 0.2) is 0 Å². The van der Waals surface area contributed by atoms with Crippen LogP contribution in [0.1, 0.15) is 27.2 Å². The lowest BCUT2D eigenvalue weighted by Crippen LogP contribution is -2.40. The van der Waals surface area contributed by atoms with Crippen LogP contribution in [-0.4, -0.2) is 23.0 Å². The van der Waals surface area contributed by atoms with E-state index in [9.17, 15) is 0 Å². The highest BCUT2D eigenvalue weighted by molar-refractivity contribution is 8.00. The smallest absolute Gasteiger partial charge is 0.0109 e. The van der Waals surface area contributed by atoms with Crippen LogP contribution in [0.15, 0.2) is 0 Å². The van der Waals surface area contributed by atoms with Crippen LogP contribution < -0.4 is 0 Å². The van der Waals surface area contributed by atoms with Gasteiger partial charge in [-0.15, -0.1) is 0 Å². The second-order valence-electron chi connectivity index (χ2n) is 4.41. The summed E-state index contributed by atoms with van der Waals surface area (Å²) in [4.78, 5) is 0. The number of thioether (sulfide) groups is 2. The highest BCUT2D eigenvalue weighted by Crippen LogP contribution is 2.43. The van der Waals surface area contributed by atoms with Crippen LogP contribution in [0.2, 0.25) is 0 Å². The monoisotopic (exact) mass is 218 g/mol. The molecule has 0 nitrogen and oxygen atoms in total. The fraction of sp³-hybridized carbons (Fsp3) is 1.00. The van der Waals surface area contributed by atoms with Crippen LogP contribution >= 0.6 is 23.5 Å². The van der Waals surface area contributed by atoms with E-state index in [0.29, 0.717) is 0 Å². The molecule has 1 aliphatic rings. The van der Waals surface area contributed by atoms with Gasteiger partial charge in [-0.05, 0) is 36.7 Å². The van der Waals surface area contributed by atoms with E-state index in [1.807, 2.05) is 0 Å². The molecular weight excluding hydrogens is 196 g/mol. The molecule has 1 saturated carbocycles. The molecule has 0 saturated heterocycles. The molecule has 0 heterocycles. The Hall–Kier alpha value is 0.700. The Kier molecular flexibility index (Phi) is 4.50. The molecule has 78 valence electrons. The minimum absolute atomic E-state index is 0.876. The summed E-state index contributed by atoms with van der Waals surface area (Å²) in [6, 6.07) is 0. The van der Waals surface area contributed by atoms with Crippen molar-refractivity contribution >= 4 is 23.5 Å². The van der Waals surface area contributed by atoms with Gasteiger partial charge < -0.3 is 0 Å². The quantitative estimate of drug-likeness (QED) is 0.692. The second kappa shape index (κ2) is 4.97. The molecule has 1 aliphatic carbocycles. The SMILES string of the molecule is CSC1CC(C)C(C)C(SC)C1C. The molecule has 0 aromatic carbocycles. The Balaban J connectivity index is 2.69. The predicted molar refractivity (Wildman–Crippen MR) is 66.7 cm³/mol. The van der Waals surface area contributed by atoms with Crippen LogP contribution in [0.25, 0.3) is 0 Å². The summed E-state index contributed by atoms with van der Waals surface area (Å²) in [5, 5.41) is 1.77. The number of rotatable bonds is 2. The van der Waals surface area contributed by atoms with Crippen LogP contribution in [-0.2, 0) is 0 Å². The summed E-state index contributed by atoms with van der Waals surface area (Å²) >= 11 is 4.14. The highest BCUT2D eigenvalue weighted by Gasteiger charge is 2.37. The van der Waals surface area contributed by atoms with E-state index in [-0.39, 0.29) is 0 Å². The van der Waals surface area contributed by atoms with Crippen molar-refractivity contribution in [3.05, 3.63) is 0 Å². The lowest BCUT2D eigenvalue weighted by atomic mass is 9.76. The summed E-state index contributed by atoms with van der Waals surface area (Å²) in [6.45, 7) is 7.28. The molecule has 1 rings (SSSR count). The molecule has 0 N–H and O–H groups in total. The average molecular weight is 218 g/mol. The molecule has 0 bridgehead atoms. The summed E-state index contributed by atoms with van der Waals surface area (Å²) in [6.07, 6.45) is 5.95. The summed E-state index contributed by atoms with van der Waals surface area (Å²) in [5.41, 5.74) is 0. The Labute approximate surface area is 91.6 Å². The van der Waals surface area contributed by atoms with E-state index >= 15 is 0 Å². The fourth-order valence-corrected chi connectivity index (χ4v) is 5.06. The third-order valence-electron chi connectivity index (χ3n) is 3.70. The average Bonchev–Trinajstić information content (AvgIpc) is 2.12. The van der Waals surface area contributed by atoms with E-state index in [2.05, 4.69) is 56.8 Å². The van der Waals surface area contributed by atoms with Gasteiger partial charge in [-0.2, -0.15) is 23.5 Å². The first-order valence-corrected chi connectivity index (χ1v) is 7.75. The molecule has 5 unspecified atom stereocenters. The maximum Gasteiger partial charge on any atom is 0.0109 e. The third-order valence-corrected chi connectivity index (χ3v) is 6.33. The van der Waals surface area contributed by atoms with Crippen molar-refractivity contribution in [1.29, 1.82) is 0 Å². The first-order valence-electron chi connectivity index (χ1n) is 5.17. The second-order valence-corrected chi connectivity index (χ2v) is 6.50. The van der Waals surface area contributed by atoms with Crippen LogP contribution in [0.4, 0.5) is 0 Å². The Morgan fingerprint density at radius 3 is 2.00 bits per heavy atom. The first kappa shape index (κ1) is 11.8. The van der Waals surface area contributed by atoms with Crippen molar-refractivity contribution in [3.8, 4) is 0 Å². The Morgan fingerprint density at radius 1 is 0.923 bits per heavy atom. The van der Waals surface area contributed by atoms with Crippen molar-refractivity contribution in [2.24, 2.45) is 17.8 Å². The van der Waals surface area contributed by atoms with Gasteiger partial charge in [0.05, 0.1) is 0 Å². The molecule has 13 heavy (non-hydrogen) atoms. The molecule has 0 aromatic heterocycles. The largest absolute Gasteiger partial charge is 0.162 e. The van der Waals surface area contributed by atoms with Crippen molar-refractivity contribution in [1.82, 2.24) is 0 Å². The zero-order valence-electron chi connectivity index (χ0n) is 9.41. The first-order chi connectivity index (χ1) is 6.11. The van der Waals surface area contributed by atoms with Gasteiger partial charge in [0.1, 0.15) is 0 Å². The van der Waals surface area contributed by atoms with Gasteiger partial charge in [-0.1, -0.05) is 20.8 Å². The van der Waals surface area contributed by atoms with Gasteiger partial charge in [0.2, 0.25) is 0 Å². The standard InChI is InChI=1S/C11H22S2/c1-7-6-10(12-4)9(3)11(13-5)8(7)2/h7-11H,6H2,1-5H3. The lowest BCUT2D eigenvalue weighted by molar-refractivity contribution is 0.239. The normalized spacial score (nSPS) is 46.4. The summed E-state index contributed by atoms with van der Waals surface area (Å²) in [5.74, 6) is 2.69. The molecule has 5 atom stereocenters. The lowest BCUT2D eigenvalue weighted by Gasteiger charge is -2.42. The van der Waals surface area contributed by atoms with Crippen LogP contribution in [0.3, 0.4) is 0 Å². The minimum Gasteiger partial charge on any atom is -0.162 e. The maximum absolute atomic E-state index is 2.44. The van der Waals surface area contributed by atoms with Gasteiger partial charge in [0, 0.05) is 10.5 Å². The van der Waals surface area contributed by atoms with E-state index < -0.39 is 0 Å². The fourth-order valence-electron chi connectivity index (χ4n) is 2.55. The number of hydrogen-bond acceptors (Lipinski definition) is 2. The van der Waals surface area contributed by atoms with Gasteiger partial charge >= 0.3 is 0 Å². The zero-order valence-corrected chi connectivity index (χ0v) is 11.0. The molecule has 1 fully saturated rings. The molecule has 0 aromatic rings. The van der Waals surface area contributed by atoms with Crippen molar-refractivity contribution < 1.29 is 0 Å². The van der Waals surface area contributed by atoms with Gasteiger partial charge in [0.25, 0.3) is 0 Å². The summed E-state index contributed by atoms with van der Waals surface area (Å²) in [7, 11) is 0. The van der Waals surface area contributed by atoms with E-state index in [4.69, 9.17) is 0 Å². The van der Waals surface area contributed by atoms with Crippen molar-refractivity contribution in [2.75, 3.05) is 12.5 Å². The Morgan fingerprint density at radius 2 is 1.54 bits per heavy atom. The van der Waals surface area contributed by atoms with Crippen molar-refractivity contribution in [2.45, 2.75) is 37.7 Å². The summed E-state index contributed by atoms with van der Waals surface area (Å²) < 4.78 is 0. The van der Waals surface area contributed by atoms with Gasteiger partial charge in [-0.25, -0.2) is 0 Å². The van der Waals surface area contributed by atoms with Gasteiger partial charge in [-0.3, -0.25) is 0 Å². The van der Waals surface area contributed by atoms with Crippen molar-refractivity contribution in [3.63, 3.8) is 0 Å². The molecule has 0 aliphatic heterocycles. The Bertz CT molecular complexity index is 158. The minimum atomic E-state index is 0.876. The predicted octanol–water partition coefficient (Wildman–Crippen LogP) is 3.76. The zero-order chi connectivity index (χ0) is 10.0. The van der Waals surface area contributed by atoms with Crippen LogP contribution in [0, 0.1) is 17.8 Å². The molecule has 0 radical (unpaired) electrons. The van der Waals surface area contributed by atoms with E-state index in [1.54, 1.807) is 0 Å². The molecule has 0 spiro atoms. The molecule has 0 amide bonds. The maximum atomic E-state index is 2.44. The van der Waals surface area contributed by atoms with E-state index in [0.717, 1.165) is 28.3 Å². The highest BCUT2D eigenvalue weighted by atomic mass is 32.2. The number of hydrogen-bond donors (Lipinski definition) is 0. The van der Waals surface area contributed by atoms with E-state index in [1.165, 1.54) is 6.42 Å². The topological polar surface area (TPSA) is 0 Å².